The Balaban J connectivity index is 0. The van der Waals surface area contributed by atoms with Crippen molar-refractivity contribution in [2.24, 2.45) is 5.41 Å². The Labute approximate surface area is 132 Å². The summed E-state index contributed by atoms with van der Waals surface area (Å²) in [6, 6.07) is 0. The van der Waals surface area contributed by atoms with Gasteiger partial charge in [-0.2, -0.15) is 0 Å². The first-order chi connectivity index (χ1) is 10.7. The van der Waals surface area contributed by atoms with Crippen LogP contribution in [0, 0.1) is 5.41 Å². The molecule has 10 heteroatoms. The van der Waals surface area contributed by atoms with Crippen LogP contribution in [0.25, 0.3) is 0 Å². The molecule has 0 amide bonds. The van der Waals surface area contributed by atoms with Gasteiger partial charge in [-0.15, -0.1) is 0 Å². The van der Waals surface area contributed by atoms with E-state index in [4.69, 9.17) is 35.4 Å². The minimum atomic E-state index is -1.16. The molecule has 0 aromatic heterocycles. The third-order valence-corrected chi connectivity index (χ3v) is 2.48. The number of hydrogen-bond donors (Lipinski definition) is 6. The summed E-state index contributed by atoms with van der Waals surface area (Å²) in [7, 11) is 0. The Bertz CT molecular complexity index is 364. The lowest BCUT2D eigenvalue weighted by Crippen LogP contribution is -2.38. The molecule has 23 heavy (non-hydrogen) atoms. The second-order valence-electron chi connectivity index (χ2n) is 4.57. The summed E-state index contributed by atoms with van der Waals surface area (Å²) in [6.45, 7) is -1.48. The van der Waals surface area contributed by atoms with Crippen molar-refractivity contribution in [1.82, 2.24) is 0 Å². The average molecular weight is 338 g/mol. The number of carboxylic acids is 3. The van der Waals surface area contributed by atoms with Gasteiger partial charge in [0.15, 0.2) is 0 Å². The third kappa shape index (κ3) is 14.5. The maximum Gasteiger partial charge on any atom is 0.331 e. The molecule has 6 N–H and O–H groups in total. The first kappa shape index (κ1) is 23.1. The number of aliphatic carboxylic acids is 3. The predicted octanol–water partition coefficient (Wildman–Crippen LogP) is -1.11. The van der Waals surface area contributed by atoms with Gasteiger partial charge < -0.3 is 35.4 Å². The zero-order valence-corrected chi connectivity index (χ0v) is 12.4. The molecule has 0 saturated heterocycles. The van der Waals surface area contributed by atoms with E-state index in [2.05, 4.69) is 0 Å². The number of hydrogen-bond acceptors (Lipinski definition) is 7. The van der Waals surface area contributed by atoms with Crippen LogP contribution in [-0.4, -0.2) is 75.0 Å². The molecule has 0 spiro atoms. The zero-order valence-electron chi connectivity index (χ0n) is 12.4. The van der Waals surface area contributed by atoms with E-state index >= 15 is 0 Å². The second-order valence-corrected chi connectivity index (χ2v) is 4.57. The SMILES string of the molecule is O=C(O)C=COCC(CO)(CO)CO.O=C(O)CCCC(=O)O. The summed E-state index contributed by atoms with van der Waals surface area (Å²) in [5.74, 6) is -3.06. The van der Waals surface area contributed by atoms with Gasteiger partial charge in [-0.25, -0.2) is 4.79 Å². The van der Waals surface area contributed by atoms with Crippen LogP contribution in [0.5, 0.6) is 0 Å². The standard InChI is InChI=1S/C8H14O6.C5H8O4/c9-3-8(4-10,5-11)6-14-2-1-7(12)13;6-4(7)2-1-3-5(8)9/h1-2,9-11H,3-6H2,(H,12,13);1-3H2,(H,6,7)(H,8,9). The van der Waals surface area contributed by atoms with Crippen LogP contribution in [0.15, 0.2) is 12.3 Å². The molecule has 10 nitrogen and oxygen atoms in total. The average Bonchev–Trinajstić information content (AvgIpc) is 2.48. The number of carbonyl (C=O) groups is 3. The lowest BCUT2D eigenvalue weighted by atomic mass is 9.93. The van der Waals surface area contributed by atoms with Crippen LogP contribution < -0.4 is 0 Å². The number of rotatable bonds is 11. The number of aliphatic hydroxyl groups excluding tert-OH is 3. The summed E-state index contributed by atoms with van der Waals surface area (Å²) >= 11 is 0. The van der Waals surface area contributed by atoms with E-state index < -0.39 is 43.1 Å². The monoisotopic (exact) mass is 338 g/mol. The van der Waals surface area contributed by atoms with E-state index in [1.165, 1.54) is 0 Å². The predicted molar refractivity (Wildman–Crippen MR) is 75.5 cm³/mol. The van der Waals surface area contributed by atoms with Gasteiger partial charge in [0.1, 0.15) is 0 Å². The molecular formula is C13H22O10. The molecule has 0 rings (SSSR count). The van der Waals surface area contributed by atoms with Crippen molar-refractivity contribution in [3.63, 3.8) is 0 Å². The topological polar surface area (TPSA) is 182 Å². The Morgan fingerprint density at radius 3 is 1.61 bits per heavy atom. The van der Waals surface area contributed by atoms with Crippen LogP contribution in [0.2, 0.25) is 0 Å². The molecule has 0 saturated carbocycles. The van der Waals surface area contributed by atoms with E-state index in [-0.39, 0.29) is 25.9 Å². The Morgan fingerprint density at radius 2 is 1.30 bits per heavy atom. The van der Waals surface area contributed by atoms with Crippen LogP contribution in [0.4, 0.5) is 0 Å². The van der Waals surface area contributed by atoms with Gasteiger partial charge in [-0.1, -0.05) is 0 Å². The van der Waals surface area contributed by atoms with E-state index in [9.17, 15) is 14.4 Å². The quantitative estimate of drug-likeness (QED) is 0.199. The van der Waals surface area contributed by atoms with Crippen LogP contribution in [0.1, 0.15) is 19.3 Å². The van der Waals surface area contributed by atoms with Gasteiger partial charge in [0.05, 0.1) is 44.2 Å². The molecule has 0 aliphatic heterocycles. The lowest BCUT2D eigenvalue weighted by molar-refractivity contribution is -0.138. The van der Waals surface area contributed by atoms with Gasteiger partial charge in [0, 0.05) is 12.8 Å². The fraction of sp³-hybridized carbons (Fsp3) is 0.615. The van der Waals surface area contributed by atoms with Gasteiger partial charge in [0.2, 0.25) is 0 Å². The largest absolute Gasteiger partial charge is 0.500 e. The second kappa shape index (κ2) is 13.5. The highest BCUT2D eigenvalue weighted by molar-refractivity contribution is 5.79. The maximum atomic E-state index is 10.0. The molecule has 0 atom stereocenters. The highest BCUT2D eigenvalue weighted by atomic mass is 16.5. The fourth-order valence-corrected chi connectivity index (χ4v) is 1.01. The molecule has 0 aromatic rings. The van der Waals surface area contributed by atoms with Gasteiger partial charge in [0.25, 0.3) is 0 Å². The van der Waals surface area contributed by atoms with Crippen molar-refractivity contribution in [2.75, 3.05) is 26.4 Å². The molecule has 0 radical (unpaired) electrons. The van der Waals surface area contributed by atoms with Crippen molar-refractivity contribution in [3.8, 4) is 0 Å². The smallest absolute Gasteiger partial charge is 0.331 e. The first-order valence-corrected chi connectivity index (χ1v) is 6.50. The summed E-state index contributed by atoms with van der Waals surface area (Å²) < 4.78 is 4.74. The number of aliphatic hydroxyl groups is 3. The van der Waals surface area contributed by atoms with E-state index in [1.807, 2.05) is 0 Å². The van der Waals surface area contributed by atoms with Gasteiger partial charge in [-0.3, -0.25) is 9.59 Å². The first-order valence-electron chi connectivity index (χ1n) is 6.50. The summed E-state index contributed by atoms with van der Waals surface area (Å²) in [4.78, 5) is 29.6. The fourth-order valence-electron chi connectivity index (χ4n) is 1.01. The molecule has 134 valence electrons. The molecule has 0 heterocycles. The van der Waals surface area contributed by atoms with Gasteiger partial charge >= 0.3 is 17.9 Å². The molecule has 0 aliphatic rings. The number of carboxylic acid groups (broad SMARTS) is 3. The van der Waals surface area contributed by atoms with E-state index in [0.717, 1.165) is 12.3 Å². The minimum absolute atomic E-state index is 0.0632. The highest BCUT2D eigenvalue weighted by Gasteiger charge is 2.28. The molecule has 0 aromatic carbocycles. The zero-order chi connectivity index (χ0) is 18.3. The molecule has 0 fully saturated rings. The third-order valence-electron chi connectivity index (χ3n) is 2.48. The van der Waals surface area contributed by atoms with Crippen LogP contribution >= 0.6 is 0 Å². The summed E-state index contributed by atoms with van der Waals surface area (Å²) in [6.07, 6.45) is 1.79. The molecule has 0 bridgehead atoms. The summed E-state index contributed by atoms with van der Waals surface area (Å²) in [5.41, 5.74) is -1.14. The molecular weight excluding hydrogens is 316 g/mol. The summed E-state index contributed by atoms with van der Waals surface area (Å²) in [5, 5.41) is 50.8. The van der Waals surface area contributed by atoms with Crippen molar-refractivity contribution in [3.05, 3.63) is 12.3 Å². The number of ether oxygens (including phenoxy) is 1. The van der Waals surface area contributed by atoms with Crippen LogP contribution in [0.3, 0.4) is 0 Å². The minimum Gasteiger partial charge on any atom is -0.500 e. The van der Waals surface area contributed by atoms with Crippen molar-refractivity contribution in [2.45, 2.75) is 19.3 Å². The Morgan fingerprint density at radius 1 is 0.870 bits per heavy atom. The molecule has 0 unspecified atom stereocenters. The van der Waals surface area contributed by atoms with Crippen LogP contribution in [-0.2, 0) is 19.1 Å². The lowest BCUT2D eigenvalue weighted by Gasteiger charge is -2.25. The Kier molecular flexibility index (Phi) is 13.5. The normalized spacial score (nSPS) is 10.7. The molecule has 0 aliphatic carbocycles. The van der Waals surface area contributed by atoms with E-state index in [1.54, 1.807) is 0 Å². The highest BCUT2D eigenvalue weighted by Crippen LogP contribution is 2.14. The van der Waals surface area contributed by atoms with Gasteiger partial charge in [-0.05, 0) is 6.42 Å². The maximum absolute atomic E-state index is 10.0. The van der Waals surface area contributed by atoms with Crippen molar-refractivity contribution >= 4 is 17.9 Å². The van der Waals surface area contributed by atoms with Crippen molar-refractivity contribution < 1.29 is 49.8 Å². The van der Waals surface area contributed by atoms with Crippen molar-refractivity contribution in [1.29, 1.82) is 0 Å². The van der Waals surface area contributed by atoms with E-state index in [0.29, 0.717) is 0 Å². The Hall–Kier alpha value is -2.17.